The molecular formula is C28H43ClN2O5. The van der Waals surface area contributed by atoms with Crippen molar-refractivity contribution >= 4 is 23.5 Å². The number of esters is 2. The predicted molar refractivity (Wildman–Crippen MR) is 143 cm³/mol. The van der Waals surface area contributed by atoms with Gasteiger partial charge in [0.1, 0.15) is 11.2 Å². The fraction of sp³-hybridized carbons (Fsp3) is 0.643. The van der Waals surface area contributed by atoms with Crippen LogP contribution >= 0.6 is 11.6 Å². The maximum Gasteiger partial charge on any atom is 0.336 e. The van der Waals surface area contributed by atoms with Gasteiger partial charge >= 0.3 is 11.9 Å². The Hall–Kier alpha value is -2.09. The molecule has 0 unspecified atom stereocenters. The van der Waals surface area contributed by atoms with E-state index in [-0.39, 0.29) is 6.42 Å². The Kier molecular flexibility index (Phi) is 9.65. The molecule has 0 aromatic heterocycles. The van der Waals surface area contributed by atoms with Gasteiger partial charge in [-0.3, -0.25) is 4.79 Å². The van der Waals surface area contributed by atoms with Crippen LogP contribution in [0.5, 0.6) is 0 Å². The quantitative estimate of drug-likeness (QED) is 0.379. The number of ether oxygens (including phenoxy) is 2. The van der Waals surface area contributed by atoms with Gasteiger partial charge < -0.3 is 24.8 Å². The summed E-state index contributed by atoms with van der Waals surface area (Å²) in [6.45, 7) is 13.8. The van der Waals surface area contributed by atoms with Crippen LogP contribution in [0.4, 0.5) is 0 Å². The van der Waals surface area contributed by atoms with E-state index in [0.717, 1.165) is 13.0 Å². The van der Waals surface area contributed by atoms with E-state index in [1.807, 2.05) is 14.1 Å². The lowest BCUT2D eigenvalue weighted by Crippen LogP contribution is -2.52. The van der Waals surface area contributed by atoms with Crippen LogP contribution in [0.25, 0.3) is 0 Å². The van der Waals surface area contributed by atoms with Crippen LogP contribution in [0, 0.1) is 5.92 Å². The molecule has 3 atom stereocenters. The van der Waals surface area contributed by atoms with E-state index < -0.39 is 40.6 Å². The maximum absolute atomic E-state index is 13.7. The highest BCUT2D eigenvalue weighted by atomic mass is 35.5. The zero-order valence-electron chi connectivity index (χ0n) is 23.2. The largest absolute Gasteiger partial charge is 0.460 e. The third-order valence-corrected chi connectivity index (χ3v) is 6.06. The molecule has 1 aliphatic rings. The average molecular weight is 523 g/mol. The second-order valence-corrected chi connectivity index (χ2v) is 12.5. The number of hydrogen-bond acceptors (Lipinski definition) is 7. The molecule has 8 heteroatoms. The summed E-state index contributed by atoms with van der Waals surface area (Å²) in [5.41, 5.74) is -1.41. The molecule has 1 aromatic carbocycles. The molecular weight excluding hydrogens is 480 g/mol. The molecule has 2 rings (SSSR count). The van der Waals surface area contributed by atoms with Crippen molar-refractivity contribution in [3.8, 4) is 0 Å². The highest BCUT2D eigenvalue weighted by Gasteiger charge is 2.53. The van der Waals surface area contributed by atoms with Crippen molar-refractivity contribution in [3.05, 3.63) is 46.1 Å². The summed E-state index contributed by atoms with van der Waals surface area (Å²) in [6, 6.07) is 6.98. The van der Waals surface area contributed by atoms with Crippen LogP contribution in [0.2, 0.25) is 5.02 Å². The zero-order chi connectivity index (χ0) is 27.5. The van der Waals surface area contributed by atoms with Gasteiger partial charge in [-0.15, -0.1) is 0 Å². The number of hydrogen-bond donors (Lipinski definition) is 2. The Balaban J connectivity index is 2.70. The van der Waals surface area contributed by atoms with Crippen LogP contribution in [0.1, 0.15) is 72.8 Å². The lowest BCUT2D eigenvalue weighted by atomic mass is 9.65. The van der Waals surface area contributed by atoms with E-state index in [4.69, 9.17) is 21.1 Å². The van der Waals surface area contributed by atoms with Gasteiger partial charge in [-0.05, 0) is 93.2 Å². The second kappa shape index (κ2) is 11.5. The van der Waals surface area contributed by atoms with Crippen molar-refractivity contribution in [2.45, 2.75) is 84.0 Å². The number of nitrogens with one attached hydrogen (secondary N) is 1. The number of aliphatic hydroxyl groups is 1. The highest BCUT2D eigenvalue weighted by molar-refractivity contribution is 6.30. The molecule has 0 heterocycles. The van der Waals surface area contributed by atoms with E-state index in [1.165, 1.54) is 0 Å². The van der Waals surface area contributed by atoms with E-state index in [2.05, 4.69) is 10.2 Å². The van der Waals surface area contributed by atoms with Crippen molar-refractivity contribution in [3.63, 3.8) is 0 Å². The van der Waals surface area contributed by atoms with Crippen molar-refractivity contribution in [1.82, 2.24) is 10.2 Å². The molecule has 1 aliphatic carbocycles. The monoisotopic (exact) mass is 522 g/mol. The van der Waals surface area contributed by atoms with Gasteiger partial charge in [-0.1, -0.05) is 23.7 Å². The summed E-state index contributed by atoms with van der Waals surface area (Å²) in [6.07, 6.45) is 0.916. The number of rotatable bonds is 8. The lowest BCUT2D eigenvalue weighted by molar-refractivity contribution is -0.171. The topological polar surface area (TPSA) is 88.1 Å². The molecule has 2 N–H and O–H groups in total. The summed E-state index contributed by atoms with van der Waals surface area (Å²) in [5, 5.41) is 15.6. The van der Waals surface area contributed by atoms with Crippen LogP contribution in [0.3, 0.4) is 0 Å². The van der Waals surface area contributed by atoms with Crippen molar-refractivity contribution < 1.29 is 24.2 Å². The summed E-state index contributed by atoms with van der Waals surface area (Å²) in [4.78, 5) is 29.3. The summed E-state index contributed by atoms with van der Waals surface area (Å²) < 4.78 is 11.6. The van der Waals surface area contributed by atoms with Gasteiger partial charge in [0.25, 0.3) is 0 Å². The molecule has 0 saturated carbocycles. The van der Waals surface area contributed by atoms with Crippen LogP contribution in [-0.4, -0.2) is 65.9 Å². The summed E-state index contributed by atoms with van der Waals surface area (Å²) in [7, 11) is 4.00. The minimum atomic E-state index is -1.48. The van der Waals surface area contributed by atoms with Gasteiger partial charge in [-0.2, -0.15) is 0 Å². The van der Waals surface area contributed by atoms with Crippen molar-refractivity contribution in [1.29, 1.82) is 0 Å². The third-order valence-electron chi connectivity index (χ3n) is 5.80. The molecule has 1 aromatic rings. The minimum absolute atomic E-state index is 0.0809. The highest BCUT2D eigenvalue weighted by Crippen LogP contribution is 2.48. The van der Waals surface area contributed by atoms with Gasteiger partial charge in [-0.25, -0.2) is 4.79 Å². The molecule has 0 radical (unpaired) electrons. The minimum Gasteiger partial charge on any atom is -0.460 e. The van der Waals surface area contributed by atoms with E-state index in [9.17, 15) is 14.7 Å². The van der Waals surface area contributed by atoms with E-state index in [1.54, 1.807) is 72.7 Å². The fourth-order valence-corrected chi connectivity index (χ4v) is 4.56. The van der Waals surface area contributed by atoms with Crippen molar-refractivity contribution in [2.75, 3.05) is 27.2 Å². The molecule has 0 saturated heterocycles. The predicted octanol–water partition coefficient (Wildman–Crippen LogP) is 4.67. The van der Waals surface area contributed by atoms with Crippen molar-refractivity contribution in [2.24, 2.45) is 5.92 Å². The molecule has 0 aliphatic heterocycles. The number of halogens is 1. The van der Waals surface area contributed by atoms with Crippen LogP contribution in [-0.2, 0) is 19.1 Å². The summed E-state index contributed by atoms with van der Waals surface area (Å²) in [5.74, 6) is -2.93. The van der Waals surface area contributed by atoms with Gasteiger partial charge in [0.2, 0.25) is 0 Å². The maximum atomic E-state index is 13.7. The molecule has 0 fully saturated rings. The van der Waals surface area contributed by atoms with Crippen LogP contribution < -0.4 is 5.32 Å². The first kappa shape index (κ1) is 30.1. The first-order valence-electron chi connectivity index (χ1n) is 12.5. The smallest absolute Gasteiger partial charge is 0.336 e. The molecule has 36 heavy (non-hydrogen) atoms. The van der Waals surface area contributed by atoms with Gasteiger partial charge in [0, 0.05) is 29.6 Å². The Morgan fingerprint density at radius 2 is 1.64 bits per heavy atom. The number of carbonyl (C=O) groups excluding carboxylic acids is 2. The molecule has 7 nitrogen and oxygen atoms in total. The number of benzene rings is 1. The number of nitrogens with zero attached hydrogens (tertiary/aromatic N) is 1. The first-order chi connectivity index (χ1) is 16.4. The normalized spacial score (nSPS) is 23.0. The van der Waals surface area contributed by atoms with E-state index in [0.29, 0.717) is 28.4 Å². The Morgan fingerprint density at radius 3 is 2.14 bits per heavy atom. The summed E-state index contributed by atoms with van der Waals surface area (Å²) >= 11 is 6.16. The van der Waals surface area contributed by atoms with Gasteiger partial charge in [0.15, 0.2) is 0 Å². The zero-order valence-corrected chi connectivity index (χ0v) is 24.0. The third kappa shape index (κ3) is 8.49. The van der Waals surface area contributed by atoms with Gasteiger partial charge in [0.05, 0.1) is 17.1 Å². The number of carbonyl (C=O) groups is 2. The molecule has 0 bridgehead atoms. The Bertz CT molecular complexity index is 956. The van der Waals surface area contributed by atoms with Crippen LogP contribution in [0.15, 0.2) is 35.5 Å². The SMILES string of the molecule is CN(C)CCCNC1=C(C(=O)OC(C)(C)C)[C@H](c2ccc(Cl)cc2)[C@H](C(=O)OC(C)(C)C)[C@](C)(O)C1. The fourth-order valence-electron chi connectivity index (χ4n) is 4.44. The van der Waals surface area contributed by atoms with E-state index >= 15 is 0 Å². The molecule has 202 valence electrons. The Labute approximate surface area is 221 Å². The lowest BCUT2D eigenvalue weighted by Gasteiger charge is -2.44. The molecule has 0 spiro atoms. The molecule has 0 amide bonds. The first-order valence-corrected chi connectivity index (χ1v) is 12.8. The standard InChI is InChI=1S/C28H43ClN2O5/c1-26(2,3)35-24(32)22-20(30-15-10-16-31(8)9)17-28(7,34)23(25(33)36-27(4,5)6)21(22)18-11-13-19(29)14-12-18/h11-14,21,23,30,34H,10,15-17H2,1-9H3/t21-,23+,28+/m0/s1. The Morgan fingerprint density at radius 1 is 1.08 bits per heavy atom. The average Bonchev–Trinajstić information content (AvgIpc) is 2.67. The second-order valence-electron chi connectivity index (χ2n) is 12.1.